The van der Waals surface area contributed by atoms with Gasteiger partial charge in [-0.3, -0.25) is 0 Å². The van der Waals surface area contributed by atoms with Gasteiger partial charge in [-0.1, -0.05) is 19.0 Å². The zero-order valence-corrected chi connectivity index (χ0v) is 10.2. The molecule has 1 heterocycles. The van der Waals surface area contributed by atoms with Crippen LogP contribution in [0.4, 0.5) is 0 Å². The molecule has 1 unspecified atom stereocenters. The molecule has 1 atom stereocenters. The summed E-state index contributed by atoms with van der Waals surface area (Å²) in [5.74, 6) is 3.89. The molecule has 0 aromatic carbocycles. The van der Waals surface area contributed by atoms with E-state index in [4.69, 9.17) is 10.3 Å². The molecule has 0 amide bonds. The number of aromatic nitrogens is 2. The normalized spacial score (nSPS) is 13.0. The Balaban J connectivity index is 2.35. The van der Waals surface area contributed by atoms with Gasteiger partial charge in [0, 0.05) is 6.42 Å². The number of hydrogen-bond acceptors (Lipinski definition) is 5. The van der Waals surface area contributed by atoms with Crippen LogP contribution in [0.15, 0.2) is 4.52 Å². The summed E-state index contributed by atoms with van der Waals surface area (Å²) in [6.07, 6.45) is 1.96. The number of thioether (sulfide) groups is 1. The van der Waals surface area contributed by atoms with Gasteiger partial charge < -0.3 is 10.3 Å². The van der Waals surface area contributed by atoms with Gasteiger partial charge in [-0.15, -0.1) is 0 Å². The van der Waals surface area contributed by atoms with Gasteiger partial charge in [-0.2, -0.15) is 16.7 Å². The van der Waals surface area contributed by atoms with E-state index in [0.29, 0.717) is 18.4 Å². The first kappa shape index (κ1) is 12.5. The van der Waals surface area contributed by atoms with E-state index in [-0.39, 0.29) is 0 Å². The van der Waals surface area contributed by atoms with E-state index in [1.165, 1.54) is 6.42 Å². The maximum absolute atomic E-state index is 5.53. The summed E-state index contributed by atoms with van der Waals surface area (Å²) in [4.78, 5) is 4.32. The quantitative estimate of drug-likeness (QED) is 0.723. The zero-order chi connectivity index (χ0) is 11.1. The molecule has 0 aliphatic carbocycles. The van der Waals surface area contributed by atoms with Crippen LogP contribution in [0.3, 0.4) is 0 Å². The second kappa shape index (κ2) is 6.85. The molecule has 86 valence electrons. The van der Waals surface area contributed by atoms with Crippen molar-refractivity contribution in [3.8, 4) is 0 Å². The van der Waals surface area contributed by atoms with Crippen molar-refractivity contribution in [2.75, 3.05) is 12.3 Å². The van der Waals surface area contributed by atoms with Gasteiger partial charge in [-0.05, 0) is 24.6 Å². The van der Waals surface area contributed by atoms with E-state index in [0.717, 1.165) is 23.8 Å². The molecule has 1 rings (SSSR count). The van der Waals surface area contributed by atoms with Crippen LogP contribution in [0, 0.1) is 5.92 Å². The van der Waals surface area contributed by atoms with Crippen LogP contribution in [-0.2, 0) is 12.2 Å². The molecular formula is C10H19N3OS. The molecule has 0 bridgehead atoms. The second-order valence-corrected chi connectivity index (χ2v) is 4.81. The standard InChI is InChI=1S/C10H19N3OS/c1-3-4-15-7-9-12-10(14-13-9)5-8(2)6-11/h8H,3-7,11H2,1-2H3. The van der Waals surface area contributed by atoms with Crippen LogP contribution in [0.1, 0.15) is 32.0 Å². The maximum Gasteiger partial charge on any atom is 0.226 e. The molecule has 0 aliphatic heterocycles. The minimum absolute atomic E-state index is 0.404. The first-order valence-electron chi connectivity index (χ1n) is 5.35. The predicted octanol–water partition coefficient (Wildman–Crippen LogP) is 1.85. The molecule has 0 fully saturated rings. The molecular weight excluding hydrogens is 210 g/mol. The Morgan fingerprint density at radius 2 is 2.33 bits per heavy atom. The Hall–Kier alpha value is -0.550. The molecule has 1 aromatic rings. The smallest absolute Gasteiger partial charge is 0.226 e. The molecule has 0 saturated heterocycles. The molecule has 0 aliphatic rings. The molecule has 1 aromatic heterocycles. The maximum atomic E-state index is 5.53. The van der Waals surface area contributed by atoms with Crippen molar-refractivity contribution in [2.45, 2.75) is 32.4 Å². The highest BCUT2D eigenvalue weighted by atomic mass is 32.2. The fourth-order valence-electron chi connectivity index (χ4n) is 1.12. The highest BCUT2D eigenvalue weighted by Crippen LogP contribution is 2.11. The van der Waals surface area contributed by atoms with Gasteiger partial charge in [0.05, 0.1) is 5.75 Å². The largest absolute Gasteiger partial charge is 0.339 e. The molecule has 0 radical (unpaired) electrons. The monoisotopic (exact) mass is 229 g/mol. The highest BCUT2D eigenvalue weighted by Gasteiger charge is 2.09. The lowest BCUT2D eigenvalue weighted by atomic mass is 10.1. The Morgan fingerprint density at radius 3 is 3.00 bits per heavy atom. The van der Waals surface area contributed by atoms with E-state index < -0.39 is 0 Å². The first-order chi connectivity index (χ1) is 7.26. The summed E-state index contributed by atoms with van der Waals surface area (Å²) in [5, 5.41) is 3.93. The first-order valence-corrected chi connectivity index (χ1v) is 6.51. The van der Waals surface area contributed by atoms with Crippen molar-refractivity contribution < 1.29 is 4.52 Å². The molecule has 0 saturated carbocycles. The summed E-state index contributed by atoms with van der Waals surface area (Å²) in [6.45, 7) is 4.90. The van der Waals surface area contributed by atoms with Gasteiger partial charge in [0.1, 0.15) is 0 Å². The van der Waals surface area contributed by atoms with Crippen molar-refractivity contribution in [3.63, 3.8) is 0 Å². The number of rotatable bonds is 7. The topological polar surface area (TPSA) is 64.9 Å². The lowest BCUT2D eigenvalue weighted by Crippen LogP contribution is -2.13. The molecule has 15 heavy (non-hydrogen) atoms. The van der Waals surface area contributed by atoms with Gasteiger partial charge >= 0.3 is 0 Å². The second-order valence-electron chi connectivity index (χ2n) is 3.70. The number of nitrogens with two attached hydrogens (primary N) is 1. The lowest BCUT2D eigenvalue weighted by Gasteiger charge is -2.01. The highest BCUT2D eigenvalue weighted by molar-refractivity contribution is 7.98. The van der Waals surface area contributed by atoms with Crippen molar-refractivity contribution >= 4 is 11.8 Å². The lowest BCUT2D eigenvalue weighted by molar-refractivity contribution is 0.356. The third kappa shape index (κ3) is 4.66. The minimum atomic E-state index is 0.404. The van der Waals surface area contributed by atoms with Crippen LogP contribution in [0.25, 0.3) is 0 Å². The van der Waals surface area contributed by atoms with E-state index in [9.17, 15) is 0 Å². The zero-order valence-electron chi connectivity index (χ0n) is 9.40. The fourth-order valence-corrected chi connectivity index (χ4v) is 1.85. The molecule has 0 spiro atoms. The summed E-state index contributed by atoms with van der Waals surface area (Å²) >= 11 is 1.83. The van der Waals surface area contributed by atoms with E-state index in [1.54, 1.807) is 0 Å². The van der Waals surface area contributed by atoms with E-state index in [2.05, 4.69) is 24.0 Å². The van der Waals surface area contributed by atoms with Crippen LogP contribution >= 0.6 is 11.8 Å². The average Bonchev–Trinajstić information content (AvgIpc) is 2.66. The van der Waals surface area contributed by atoms with Crippen molar-refractivity contribution in [1.82, 2.24) is 10.1 Å². The van der Waals surface area contributed by atoms with Gasteiger partial charge in [0.2, 0.25) is 5.89 Å². The predicted molar refractivity (Wildman–Crippen MR) is 62.7 cm³/mol. The van der Waals surface area contributed by atoms with Crippen molar-refractivity contribution in [2.24, 2.45) is 11.7 Å². The summed E-state index contributed by atoms with van der Waals surface area (Å²) in [6, 6.07) is 0. The molecule has 4 nitrogen and oxygen atoms in total. The molecule has 2 N–H and O–H groups in total. The Kier molecular flexibility index (Phi) is 5.71. The van der Waals surface area contributed by atoms with Gasteiger partial charge in [0.25, 0.3) is 0 Å². The average molecular weight is 229 g/mol. The summed E-state index contributed by atoms with van der Waals surface area (Å²) < 4.78 is 5.14. The third-order valence-electron chi connectivity index (χ3n) is 2.02. The fraction of sp³-hybridized carbons (Fsp3) is 0.800. The van der Waals surface area contributed by atoms with Crippen LogP contribution in [-0.4, -0.2) is 22.4 Å². The number of nitrogens with zero attached hydrogens (tertiary/aromatic N) is 2. The van der Waals surface area contributed by atoms with Gasteiger partial charge in [-0.25, -0.2) is 0 Å². The van der Waals surface area contributed by atoms with Crippen LogP contribution < -0.4 is 5.73 Å². The van der Waals surface area contributed by atoms with E-state index >= 15 is 0 Å². The SMILES string of the molecule is CCCSCc1noc(CC(C)CN)n1. The van der Waals surface area contributed by atoms with Gasteiger partial charge in [0.15, 0.2) is 5.82 Å². The third-order valence-corrected chi connectivity index (χ3v) is 3.17. The van der Waals surface area contributed by atoms with Crippen LogP contribution in [0.2, 0.25) is 0 Å². The Bertz CT molecular complexity index is 277. The number of hydrogen-bond donors (Lipinski definition) is 1. The Labute approximate surface area is 95.0 Å². The van der Waals surface area contributed by atoms with Crippen molar-refractivity contribution in [3.05, 3.63) is 11.7 Å². The van der Waals surface area contributed by atoms with Crippen LogP contribution in [0.5, 0.6) is 0 Å². The van der Waals surface area contributed by atoms with Crippen molar-refractivity contribution in [1.29, 1.82) is 0 Å². The molecule has 5 heteroatoms. The minimum Gasteiger partial charge on any atom is -0.339 e. The summed E-state index contributed by atoms with van der Waals surface area (Å²) in [5.41, 5.74) is 5.53. The Morgan fingerprint density at radius 1 is 1.53 bits per heavy atom. The van der Waals surface area contributed by atoms with E-state index in [1.807, 2.05) is 11.8 Å². The summed E-state index contributed by atoms with van der Waals surface area (Å²) in [7, 11) is 0.